The van der Waals surface area contributed by atoms with Crippen LogP contribution in [0.1, 0.15) is 55.1 Å². The lowest BCUT2D eigenvalue weighted by atomic mass is 9.93. The molecule has 4 nitrogen and oxygen atoms in total. The number of aliphatic hydroxyl groups is 1. The second-order valence-corrected chi connectivity index (χ2v) is 6.10. The molecule has 3 rings (SSSR count). The first kappa shape index (κ1) is 13.0. The molecule has 1 heterocycles. The zero-order chi connectivity index (χ0) is 13.4. The van der Waals surface area contributed by atoms with Crippen molar-refractivity contribution in [2.24, 2.45) is 0 Å². The Balaban J connectivity index is 1.66. The van der Waals surface area contributed by atoms with E-state index in [2.05, 4.69) is 5.32 Å². The van der Waals surface area contributed by atoms with Crippen LogP contribution in [0.5, 0.6) is 0 Å². The number of nitrogens with zero attached hydrogens (tertiary/aromatic N) is 1. The molecule has 2 aliphatic rings. The Kier molecular flexibility index (Phi) is 3.54. The minimum Gasteiger partial charge on any atom is -0.393 e. The van der Waals surface area contributed by atoms with E-state index in [-0.39, 0.29) is 18.1 Å². The van der Waals surface area contributed by atoms with Crippen LogP contribution < -0.4 is 5.32 Å². The van der Waals surface area contributed by atoms with Crippen molar-refractivity contribution in [1.82, 2.24) is 9.88 Å². The third-order valence-corrected chi connectivity index (χ3v) is 4.23. The number of carbonyl (C=O) groups is 1. The maximum atomic E-state index is 12.3. The van der Waals surface area contributed by atoms with Gasteiger partial charge in [-0.05, 0) is 44.6 Å². The summed E-state index contributed by atoms with van der Waals surface area (Å²) in [7, 11) is 0. The average molecular weight is 283 g/mol. The lowest BCUT2D eigenvalue weighted by Crippen LogP contribution is -2.39. The third-order valence-electron chi connectivity index (χ3n) is 4.02. The van der Waals surface area contributed by atoms with Crippen molar-refractivity contribution < 1.29 is 9.90 Å². The third kappa shape index (κ3) is 2.95. The van der Waals surface area contributed by atoms with Gasteiger partial charge in [0.1, 0.15) is 5.69 Å². The minimum absolute atomic E-state index is 0.0415. The molecule has 1 amide bonds. The molecule has 0 radical (unpaired) electrons. The van der Waals surface area contributed by atoms with Gasteiger partial charge in [-0.1, -0.05) is 11.6 Å². The van der Waals surface area contributed by atoms with Gasteiger partial charge < -0.3 is 15.0 Å². The van der Waals surface area contributed by atoms with E-state index in [4.69, 9.17) is 11.6 Å². The number of nitrogens with one attached hydrogen (secondary N) is 1. The van der Waals surface area contributed by atoms with Crippen LogP contribution in [0.2, 0.25) is 5.02 Å². The largest absolute Gasteiger partial charge is 0.393 e. The standard InChI is InChI=1S/C14H19ClN2O2/c15-9-7-13(17(8-9)11-3-4-11)14(19)16-10-1-5-12(18)6-2-10/h7-8,10-12,18H,1-6H2,(H,16,19). The summed E-state index contributed by atoms with van der Waals surface area (Å²) in [4.78, 5) is 12.3. The lowest BCUT2D eigenvalue weighted by Gasteiger charge is -2.26. The molecule has 1 aromatic rings. The molecule has 0 spiro atoms. The van der Waals surface area contributed by atoms with E-state index in [1.54, 1.807) is 6.07 Å². The number of rotatable bonds is 3. The monoisotopic (exact) mass is 282 g/mol. The van der Waals surface area contributed by atoms with Crippen LogP contribution in [0.15, 0.2) is 12.3 Å². The maximum Gasteiger partial charge on any atom is 0.268 e. The van der Waals surface area contributed by atoms with Crippen LogP contribution in [0, 0.1) is 0 Å². The van der Waals surface area contributed by atoms with Gasteiger partial charge >= 0.3 is 0 Å². The molecule has 0 unspecified atom stereocenters. The lowest BCUT2D eigenvalue weighted by molar-refractivity contribution is 0.0859. The summed E-state index contributed by atoms with van der Waals surface area (Å²) in [5.74, 6) is -0.0415. The first-order chi connectivity index (χ1) is 9.13. The summed E-state index contributed by atoms with van der Waals surface area (Å²) in [6.07, 6.45) is 7.15. The Bertz CT molecular complexity index is 474. The summed E-state index contributed by atoms with van der Waals surface area (Å²) in [5, 5.41) is 13.2. The van der Waals surface area contributed by atoms with Crippen LogP contribution in [-0.4, -0.2) is 27.7 Å². The van der Waals surface area contributed by atoms with Gasteiger partial charge in [0.25, 0.3) is 5.91 Å². The highest BCUT2D eigenvalue weighted by Crippen LogP contribution is 2.37. The molecule has 5 heteroatoms. The fourth-order valence-electron chi connectivity index (χ4n) is 2.76. The van der Waals surface area contributed by atoms with Gasteiger partial charge in [-0.3, -0.25) is 4.79 Å². The van der Waals surface area contributed by atoms with Gasteiger partial charge in [0.05, 0.1) is 11.1 Å². The summed E-state index contributed by atoms with van der Waals surface area (Å²) in [6.45, 7) is 0. The topological polar surface area (TPSA) is 54.3 Å². The second-order valence-electron chi connectivity index (χ2n) is 5.66. The predicted molar refractivity (Wildman–Crippen MR) is 73.4 cm³/mol. The number of hydrogen-bond acceptors (Lipinski definition) is 2. The molecule has 0 saturated heterocycles. The molecular weight excluding hydrogens is 264 g/mol. The Morgan fingerprint density at radius 3 is 2.58 bits per heavy atom. The summed E-state index contributed by atoms with van der Waals surface area (Å²) >= 11 is 6.01. The number of hydrogen-bond donors (Lipinski definition) is 2. The molecule has 19 heavy (non-hydrogen) atoms. The Hall–Kier alpha value is -1.00. The second kappa shape index (κ2) is 5.17. The van der Waals surface area contributed by atoms with Crippen LogP contribution >= 0.6 is 11.6 Å². The molecule has 104 valence electrons. The summed E-state index contributed by atoms with van der Waals surface area (Å²) < 4.78 is 2.00. The normalized spacial score (nSPS) is 27.3. The highest BCUT2D eigenvalue weighted by Gasteiger charge is 2.29. The van der Waals surface area contributed by atoms with Gasteiger partial charge in [0, 0.05) is 18.3 Å². The van der Waals surface area contributed by atoms with Crippen molar-refractivity contribution in [3.05, 3.63) is 23.0 Å². The number of halogens is 1. The van der Waals surface area contributed by atoms with Gasteiger partial charge in [-0.2, -0.15) is 0 Å². The van der Waals surface area contributed by atoms with Crippen molar-refractivity contribution in [3.8, 4) is 0 Å². The van der Waals surface area contributed by atoms with Gasteiger partial charge in [0.15, 0.2) is 0 Å². The molecule has 2 aliphatic carbocycles. The van der Waals surface area contributed by atoms with Crippen LogP contribution in [0.4, 0.5) is 0 Å². The van der Waals surface area contributed by atoms with Crippen LogP contribution in [-0.2, 0) is 0 Å². The first-order valence-electron chi connectivity index (χ1n) is 7.00. The van der Waals surface area contributed by atoms with Crippen molar-refractivity contribution in [3.63, 3.8) is 0 Å². The fourth-order valence-corrected chi connectivity index (χ4v) is 2.97. The molecule has 0 aliphatic heterocycles. The Labute approximate surface area is 117 Å². The fraction of sp³-hybridized carbons (Fsp3) is 0.643. The maximum absolute atomic E-state index is 12.3. The SMILES string of the molecule is O=C(NC1CCC(O)CC1)c1cc(Cl)cn1C1CC1. The summed E-state index contributed by atoms with van der Waals surface area (Å²) in [6, 6.07) is 2.37. The molecule has 2 saturated carbocycles. The highest BCUT2D eigenvalue weighted by atomic mass is 35.5. The van der Waals surface area contributed by atoms with E-state index < -0.39 is 0 Å². The molecule has 2 N–H and O–H groups in total. The Morgan fingerprint density at radius 1 is 1.26 bits per heavy atom. The van der Waals surface area contributed by atoms with E-state index in [0.717, 1.165) is 38.5 Å². The molecular formula is C14H19ClN2O2. The van der Waals surface area contributed by atoms with E-state index >= 15 is 0 Å². The van der Waals surface area contributed by atoms with E-state index in [9.17, 15) is 9.90 Å². The van der Waals surface area contributed by atoms with Gasteiger partial charge in [0.2, 0.25) is 0 Å². The molecule has 0 aromatic carbocycles. The molecule has 0 atom stereocenters. The van der Waals surface area contributed by atoms with Crippen molar-refractivity contribution in [2.75, 3.05) is 0 Å². The van der Waals surface area contributed by atoms with Gasteiger partial charge in [-0.25, -0.2) is 0 Å². The molecule has 1 aromatic heterocycles. The predicted octanol–water partition coefficient (Wildman–Crippen LogP) is 2.51. The average Bonchev–Trinajstić information content (AvgIpc) is 3.15. The minimum atomic E-state index is -0.196. The van der Waals surface area contributed by atoms with Crippen LogP contribution in [0.3, 0.4) is 0 Å². The number of carbonyl (C=O) groups excluding carboxylic acids is 1. The first-order valence-corrected chi connectivity index (χ1v) is 7.37. The van der Waals surface area contributed by atoms with E-state index in [1.807, 2.05) is 10.8 Å². The van der Waals surface area contributed by atoms with Gasteiger partial charge in [-0.15, -0.1) is 0 Å². The van der Waals surface area contributed by atoms with Crippen molar-refractivity contribution in [1.29, 1.82) is 0 Å². The van der Waals surface area contributed by atoms with Crippen LogP contribution in [0.25, 0.3) is 0 Å². The zero-order valence-electron chi connectivity index (χ0n) is 10.8. The van der Waals surface area contributed by atoms with E-state index in [0.29, 0.717) is 16.8 Å². The van der Waals surface area contributed by atoms with E-state index in [1.165, 1.54) is 0 Å². The molecule has 0 bridgehead atoms. The zero-order valence-corrected chi connectivity index (χ0v) is 11.6. The molecule has 2 fully saturated rings. The summed E-state index contributed by atoms with van der Waals surface area (Å²) in [5.41, 5.74) is 0.665. The highest BCUT2D eigenvalue weighted by molar-refractivity contribution is 6.31. The Morgan fingerprint density at radius 2 is 1.95 bits per heavy atom. The quantitative estimate of drug-likeness (QED) is 0.895. The number of aromatic nitrogens is 1. The number of amides is 1. The number of aliphatic hydroxyl groups excluding tert-OH is 1. The van der Waals surface area contributed by atoms with Crippen molar-refractivity contribution >= 4 is 17.5 Å². The van der Waals surface area contributed by atoms with Crippen molar-refractivity contribution in [2.45, 2.75) is 56.7 Å². The smallest absolute Gasteiger partial charge is 0.268 e.